The second-order valence-corrected chi connectivity index (χ2v) is 5.91. The Morgan fingerprint density at radius 3 is 2.45 bits per heavy atom. The number of rotatable bonds is 4. The summed E-state index contributed by atoms with van der Waals surface area (Å²) in [6.45, 7) is 4.56. The topological polar surface area (TPSA) is 61.0 Å². The van der Waals surface area contributed by atoms with Crippen molar-refractivity contribution < 1.29 is 4.74 Å². The van der Waals surface area contributed by atoms with Crippen molar-refractivity contribution in [3.63, 3.8) is 0 Å². The van der Waals surface area contributed by atoms with Gasteiger partial charge in [-0.3, -0.25) is 0 Å². The molecule has 0 radical (unpaired) electrons. The van der Waals surface area contributed by atoms with Crippen molar-refractivity contribution in [2.45, 2.75) is 25.9 Å². The van der Waals surface area contributed by atoms with Crippen molar-refractivity contribution in [1.82, 2.24) is 9.97 Å². The van der Waals surface area contributed by atoms with Gasteiger partial charge in [-0.1, -0.05) is 30.3 Å². The summed E-state index contributed by atoms with van der Waals surface area (Å²) in [4.78, 5) is 9.04. The van der Waals surface area contributed by atoms with Gasteiger partial charge in [0, 0.05) is 12.5 Å². The quantitative estimate of drug-likeness (QED) is 0.931. The highest BCUT2D eigenvalue weighted by molar-refractivity contribution is 9.10. The van der Waals surface area contributed by atoms with Gasteiger partial charge in [0.2, 0.25) is 0 Å². The zero-order valence-corrected chi connectivity index (χ0v) is 13.4. The lowest BCUT2D eigenvalue weighted by molar-refractivity contribution is 0.180. The molecule has 5 heteroatoms. The predicted octanol–water partition coefficient (Wildman–Crippen LogP) is 3.29. The van der Waals surface area contributed by atoms with Gasteiger partial charge in [-0.15, -0.1) is 0 Å². The molecular formula is C15H18BrN3O. The number of aromatic nitrogens is 2. The molecule has 1 aromatic carbocycles. The first-order valence-electron chi connectivity index (χ1n) is 6.33. The average Bonchev–Trinajstić information content (AvgIpc) is 2.44. The van der Waals surface area contributed by atoms with Crippen LogP contribution in [0.1, 0.15) is 30.9 Å². The van der Waals surface area contributed by atoms with Crippen LogP contribution in [-0.4, -0.2) is 17.1 Å². The Kier molecular flexibility index (Phi) is 4.40. The number of nitrogens with two attached hydrogens (primary N) is 1. The molecule has 0 aliphatic carbocycles. The van der Waals surface area contributed by atoms with Gasteiger partial charge in [-0.05, 0) is 35.3 Å². The van der Waals surface area contributed by atoms with Crippen LogP contribution in [0.2, 0.25) is 0 Å². The fraction of sp³-hybridized carbons (Fsp3) is 0.333. The Morgan fingerprint density at radius 1 is 1.20 bits per heavy atom. The third kappa shape index (κ3) is 2.83. The maximum absolute atomic E-state index is 5.97. The van der Waals surface area contributed by atoms with E-state index in [0.29, 0.717) is 22.7 Å². The summed E-state index contributed by atoms with van der Waals surface area (Å²) in [5.41, 5.74) is 7.56. The summed E-state index contributed by atoms with van der Waals surface area (Å²) in [6.07, 6.45) is 0. The van der Waals surface area contributed by atoms with Crippen LogP contribution in [-0.2, 0) is 16.8 Å². The molecule has 2 rings (SSSR count). The molecule has 0 aliphatic heterocycles. The Labute approximate surface area is 127 Å². The normalized spacial score (nSPS) is 11.6. The minimum atomic E-state index is -0.321. The molecule has 0 spiro atoms. The van der Waals surface area contributed by atoms with Crippen LogP contribution in [0.4, 0.5) is 5.82 Å². The van der Waals surface area contributed by atoms with Crippen molar-refractivity contribution in [1.29, 1.82) is 0 Å². The van der Waals surface area contributed by atoms with E-state index in [-0.39, 0.29) is 5.41 Å². The van der Waals surface area contributed by atoms with E-state index in [1.54, 1.807) is 7.11 Å². The zero-order chi connectivity index (χ0) is 14.8. The highest BCUT2D eigenvalue weighted by Crippen LogP contribution is 2.31. The summed E-state index contributed by atoms with van der Waals surface area (Å²) in [6, 6.07) is 10.1. The lowest BCUT2D eigenvalue weighted by atomic mass is 9.83. The number of benzene rings is 1. The SMILES string of the molecule is COCc1nc(C(C)(C)c2ccccc2)nc(N)c1Br. The van der Waals surface area contributed by atoms with Crippen molar-refractivity contribution in [3.8, 4) is 0 Å². The first-order chi connectivity index (χ1) is 9.46. The highest BCUT2D eigenvalue weighted by atomic mass is 79.9. The van der Waals surface area contributed by atoms with Gasteiger partial charge < -0.3 is 10.5 Å². The molecule has 0 fully saturated rings. The molecule has 2 aromatic rings. The average molecular weight is 336 g/mol. The Hall–Kier alpha value is -1.46. The predicted molar refractivity (Wildman–Crippen MR) is 83.4 cm³/mol. The summed E-state index contributed by atoms with van der Waals surface area (Å²) in [5.74, 6) is 1.13. The first-order valence-corrected chi connectivity index (χ1v) is 7.13. The number of nitrogen functional groups attached to an aromatic ring is 1. The molecule has 0 aliphatic rings. The van der Waals surface area contributed by atoms with Gasteiger partial charge in [0.15, 0.2) is 0 Å². The Bertz CT molecular complexity index is 600. The third-order valence-corrected chi connectivity index (χ3v) is 4.14. The van der Waals surface area contributed by atoms with Crippen molar-refractivity contribution in [2.75, 3.05) is 12.8 Å². The van der Waals surface area contributed by atoms with E-state index in [1.807, 2.05) is 18.2 Å². The number of hydrogen-bond donors (Lipinski definition) is 1. The number of nitrogens with zero attached hydrogens (tertiary/aromatic N) is 2. The second kappa shape index (κ2) is 5.89. The molecule has 1 aromatic heterocycles. The molecule has 0 bridgehead atoms. The molecule has 106 valence electrons. The van der Waals surface area contributed by atoms with E-state index in [0.717, 1.165) is 11.3 Å². The summed E-state index contributed by atoms with van der Waals surface area (Å²) < 4.78 is 5.86. The standard InChI is InChI=1S/C15H18BrN3O/c1-15(2,10-7-5-4-6-8-10)14-18-11(9-20-3)12(16)13(17)19-14/h4-8H,9H2,1-3H3,(H2,17,18,19). The number of halogens is 1. The summed E-state index contributed by atoms with van der Waals surface area (Å²) in [7, 11) is 1.63. The van der Waals surface area contributed by atoms with E-state index in [9.17, 15) is 0 Å². The molecule has 1 heterocycles. The van der Waals surface area contributed by atoms with Crippen molar-refractivity contribution in [3.05, 3.63) is 51.9 Å². The zero-order valence-electron chi connectivity index (χ0n) is 11.9. The Morgan fingerprint density at radius 2 is 1.85 bits per heavy atom. The minimum Gasteiger partial charge on any atom is -0.383 e. The molecule has 0 saturated heterocycles. The largest absolute Gasteiger partial charge is 0.383 e. The number of anilines is 1. The Balaban J connectivity index is 2.52. The smallest absolute Gasteiger partial charge is 0.141 e. The van der Waals surface area contributed by atoms with Crippen LogP contribution in [0, 0.1) is 0 Å². The fourth-order valence-electron chi connectivity index (χ4n) is 2.01. The van der Waals surface area contributed by atoms with Gasteiger partial charge >= 0.3 is 0 Å². The lowest BCUT2D eigenvalue weighted by Crippen LogP contribution is -2.24. The number of hydrogen-bond acceptors (Lipinski definition) is 4. The molecule has 0 amide bonds. The highest BCUT2D eigenvalue weighted by Gasteiger charge is 2.28. The number of ether oxygens (including phenoxy) is 1. The lowest BCUT2D eigenvalue weighted by Gasteiger charge is -2.24. The fourth-order valence-corrected chi connectivity index (χ4v) is 2.30. The van der Waals surface area contributed by atoms with Crippen LogP contribution in [0.25, 0.3) is 0 Å². The van der Waals surface area contributed by atoms with E-state index >= 15 is 0 Å². The van der Waals surface area contributed by atoms with Crippen LogP contribution in [0.15, 0.2) is 34.8 Å². The summed E-state index contributed by atoms with van der Waals surface area (Å²) >= 11 is 3.41. The van der Waals surface area contributed by atoms with E-state index < -0.39 is 0 Å². The van der Waals surface area contributed by atoms with Crippen LogP contribution in [0.3, 0.4) is 0 Å². The van der Waals surface area contributed by atoms with Crippen LogP contribution < -0.4 is 5.73 Å². The van der Waals surface area contributed by atoms with Gasteiger partial charge in [0.05, 0.1) is 16.8 Å². The van der Waals surface area contributed by atoms with Crippen LogP contribution in [0.5, 0.6) is 0 Å². The molecule has 20 heavy (non-hydrogen) atoms. The molecule has 0 unspecified atom stereocenters. The van der Waals surface area contributed by atoms with Crippen LogP contribution >= 0.6 is 15.9 Å². The van der Waals surface area contributed by atoms with Crippen molar-refractivity contribution >= 4 is 21.7 Å². The number of methoxy groups -OCH3 is 1. The van der Waals surface area contributed by atoms with Gasteiger partial charge in [-0.2, -0.15) is 0 Å². The maximum Gasteiger partial charge on any atom is 0.141 e. The van der Waals surface area contributed by atoms with Gasteiger partial charge in [0.1, 0.15) is 11.6 Å². The maximum atomic E-state index is 5.97. The van der Waals surface area contributed by atoms with E-state index in [1.165, 1.54) is 0 Å². The third-order valence-electron chi connectivity index (χ3n) is 3.28. The van der Waals surface area contributed by atoms with Crippen molar-refractivity contribution in [2.24, 2.45) is 0 Å². The molecule has 4 nitrogen and oxygen atoms in total. The first kappa shape index (κ1) is 14.9. The molecule has 2 N–H and O–H groups in total. The summed E-state index contributed by atoms with van der Waals surface area (Å²) in [5, 5.41) is 0. The second-order valence-electron chi connectivity index (χ2n) is 5.12. The van der Waals surface area contributed by atoms with E-state index in [2.05, 4.69) is 51.9 Å². The monoisotopic (exact) mass is 335 g/mol. The van der Waals surface area contributed by atoms with Gasteiger partial charge in [-0.25, -0.2) is 9.97 Å². The molecule has 0 saturated carbocycles. The van der Waals surface area contributed by atoms with E-state index in [4.69, 9.17) is 10.5 Å². The minimum absolute atomic E-state index is 0.321. The van der Waals surface area contributed by atoms with Gasteiger partial charge in [0.25, 0.3) is 0 Å². The molecule has 0 atom stereocenters. The molecular weight excluding hydrogens is 318 g/mol.